The fourth-order valence-electron chi connectivity index (χ4n) is 0.929. The quantitative estimate of drug-likeness (QED) is 0.663. The van der Waals surface area contributed by atoms with Gasteiger partial charge in [0.15, 0.2) is 0 Å². The number of hydrogen-bond donors (Lipinski definition) is 2. The van der Waals surface area contributed by atoms with E-state index in [0.717, 1.165) is 4.88 Å². The Balaban J connectivity index is 2.03. The Morgan fingerprint density at radius 2 is 2.50 bits per heavy atom. The van der Waals surface area contributed by atoms with Crippen molar-refractivity contribution in [2.24, 2.45) is 0 Å². The number of ether oxygens (including phenoxy) is 1. The van der Waals surface area contributed by atoms with Gasteiger partial charge in [0.1, 0.15) is 0 Å². The molecule has 0 amide bonds. The third-order valence-corrected chi connectivity index (χ3v) is 2.45. The number of hydrogen-bond acceptors (Lipinski definition) is 5. The van der Waals surface area contributed by atoms with E-state index in [2.05, 4.69) is 10.3 Å². The predicted molar refractivity (Wildman–Crippen MR) is 55.0 cm³/mol. The highest BCUT2D eigenvalue weighted by molar-refractivity contribution is 7.09. The maximum atomic E-state index is 9.34. The van der Waals surface area contributed by atoms with Crippen LogP contribution in [0.25, 0.3) is 0 Å². The molecule has 0 aliphatic carbocycles. The first-order valence-corrected chi connectivity index (χ1v) is 5.25. The van der Waals surface area contributed by atoms with Crippen LogP contribution in [0.15, 0.2) is 17.5 Å². The number of rotatable bonds is 7. The zero-order chi connectivity index (χ0) is 10.2. The molecule has 0 aliphatic rings. The van der Waals surface area contributed by atoms with E-state index in [1.807, 2.05) is 17.5 Å². The lowest BCUT2D eigenvalue weighted by Crippen LogP contribution is -2.29. The number of nitrogens with one attached hydrogen (secondary N) is 1. The van der Waals surface area contributed by atoms with E-state index in [1.54, 1.807) is 11.3 Å². The zero-order valence-corrected chi connectivity index (χ0v) is 8.92. The Morgan fingerprint density at radius 1 is 1.64 bits per heavy atom. The van der Waals surface area contributed by atoms with Crippen LogP contribution < -0.4 is 5.48 Å². The van der Waals surface area contributed by atoms with Crippen LogP contribution >= 0.6 is 11.3 Å². The normalized spacial score (nSPS) is 13.0. The van der Waals surface area contributed by atoms with E-state index in [9.17, 15) is 5.11 Å². The topological polar surface area (TPSA) is 50.7 Å². The van der Waals surface area contributed by atoms with E-state index >= 15 is 0 Å². The second-order valence-electron chi connectivity index (χ2n) is 2.80. The van der Waals surface area contributed by atoms with Gasteiger partial charge in [-0.15, -0.1) is 11.3 Å². The molecular weight excluding hydrogens is 202 g/mol. The van der Waals surface area contributed by atoms with Gasteiger partial charge in [0.25, 0.3) is 0 Å². The molecule has 1 aromatic heterocycles. The summed E-state index contributed by atoms with van der Waals surface area (Å²) in [6, 6.07) is 3.98. The van der Waals surface area contributed by atoms with Crippen molar-refractivity contribution in [3.8, 4) is 0 Å². The van der Waals surface area contributed by atoms with Crippen molar-refractivity contribution < 1.29 is 14.7 Å². The number of aliphatic hydroxyl groups excluding tert-OH is 1. The molecule has 0 saturated heterocycles. The molecule has 80 valence electrons. The first-order valence-electron chi connectivity index (χ1n) is 4.37. The summed E-state index contributed by atoms with van der Waals surface area (Å²) in [7, 11) is 1.51. The Morgan fingerprint density at radius 3 is 3.14 bits per heavy atom. The summed E-state index contributed by atoms with van der Waals surface area (Å²) in [5, 5.41) is 11.3. The van der Waals surface area contributed by atoms with Crippen molar-refractivity contribution in [1.82, 2.24) is 5.48 Å². The third kappa shape index (κ3) is 4.69. The Kier molecular flexibility index (Phi) is 5.74. The first kappa shape index (κ1) is 11.6. The summed E-state index contributed by atoms with van der Waals surface area (Å²) >= 11 is 1.65. The monoisotopic (exact) mass is 217 g/mol. The summed E-state index contributed by atoms with van der Waals surface area (Å²) < 4.78 is 5.30. The number of thiophene rings is 1. The molecular formula is C9H15NO3S. The molecule has 2 N–H and O–H groups in total. The van der Waals surface area contributed by atoms with Crippen molar-refractivity contribution >= 4 is 11.3 Å². The van der Waals surface area contributed by atoms with E-state index in [4.69, 9.17) is 4.74 Å². The van der Waals surface area contributed by atoms with Gasteiger partial charge in [-0.05, 0) is 11.4 Å². The minimum atomic E-state index is -0.532. The lowest BCUT2D eigenvalue weighted by atomic mass is 10.4. The highest BCUT2D eigenvalue weighted by atomic mass is 32.1. The van der Waals surface area contributed by atoms with Gasteiger partial charge in [-0.25, -0.2) is 5.48 Å². The molecule has 0 fully saturated rings. The van der Waals surface area contributed by atoms with Crippen LogP contribution in [0.2, 0.25) is 0 Å². The van der Waals surface area contributed by atoms with Gasteiger partial charge >= 0.3 is 0 Å². The molecule has 0 aromatic carbocycles. The fourth-order valence-corrected chi connectivity index (χ4v) is 1.57. The molecule has 1 aromatic rings. The van der Waals surface area contributed by atoms with Gasteiger partial charge in [0.2, 0.25) is 0 Å². The van der Waals surface area contributed by atoms with E-state index in [0.29, 0.717) is 19.8 Å². The van der Waals surface area contributed by atoms with Gasteiger partial charge in [-0.3, -0.25) is 0 Å². The van der Waals surface area contributed by atoms with Gasteiger partial charge in [-0.1, -0.05) is 6.07 Å². The van der Waals surface area contributed by atoms with Crippen LogP contribution in [0, 0.1) is 0 Å². The summed E-state index contributed by atoms with van der Waals surface area (Å²) in [5.74, 6) is 0. The standard InChI is InChI=1S/C9H15NO3S/c1-12-10-5-8(11)6-13-7-9-3-2-4-14-9/h2-4,8,10-11H,5-7H2,1H3. The number of hydroxylamine groups is 1. The fraction of sp³-hybridized carbons (Fsp3) is 0.556. The summed E-state index contributed by atoms with van der Waals surface area (Å²) in [6.45, 7) is 1.25. The van der Waals surface area contributed by atoms with Gasteiger partial charge in [-0.2, -0.15) is 0 Å². The highest BCUT2D eigenvalue weighted by Gasteiger charge is 2.03. The van der Waals surface area contributed by atoms with Crippen molar-refractivity contribution in [2.45, 2.75) is 12.7 Å². The van der Waals surface area contributed by atoms with E-state index in [1.165, 1.54) is 7.11 Å². The molecule has 1 heterocycles. The minimum absolute atomic E-state index is 0.314. The van der Waals surface area contributed by atoms with Crippen LogP contribution in [0.1, 0.15) is 4.88 Å². The lowest BCUT2D eigenvalue weighted by Gasteiger charge is -2.10. The van der Waals surface area contributed by atoms with Gasteiger partial charge in [0, 0.05) is 11.4 Å². The van der Waals surface area contributed by atoms with Crippen molar-refractivity contribution in [1.29, 1.82) is 0 Å². The number of aliphatic hydroxyl groups is 1. The zero-order valence-electron chi connectivity index (χ0n) is 8.10. The second-order valence-corrected chi connectivity index (χ2v) is 3.83. The lowest BCUT2D eigenvalue weighted by molar-refractivity contribution is -0.00213. The Hall–Kier alpha value is -0.460. The van der Waals surface area contributed by atoms with E-state index < -0.39 is 6.10 Å². The van der Waals surface area contributed by atoms with E-state index in [-0.39, 0.29) is 0 Å². The van der Waals surface area contributed by atoms with Crippen molar-refractivity contribution in [3.63, 3.8) is 0 Å². The molecule has 0 radical (unpaired) electrons. The van der Waals surface area contributed by atoms with Gasteiger partial charge in [0.05, 0.1) is 26.4 Å². The smallest absolute Gasteiger partial charge is 0.0921 e. The average Bonchev–Trinajstić information content (AvgIpc) is 2.67. The van der Waals surface area contributed by atoms with Crippen LogP contribution in [0.5, 0.6) is 0 Å². The van der Waals surface area contributed by atoms with Crippen LogP contribution in [0.4, 0.5) is 0 Å². The second kappa shape index (κ2) is 6.92. The Bertz CT molecular complexity index is 228. The molecule has 0 saturated carbocycles. The predicted octanol–water partition coefficient (Wildman–Crippen LogP) is 0.777. The SMILES string of the molecule is CONCC(O)COCc1cccs1. The Labute approximate surface area is 87.4 Å². The summed E-state index contributed by atoms with van der Waals surface area (Å²) in [6.07, 6.45) is -0.532. The molecule has 0 aliphatic heterocycles. The van der Waals surface area contributed by atoms with Crippen LogP contribution in [-0.4, -0.2) is 31.5 Å². The first-order chi connectivity index (χ1) is 6.83. The summed E-state index contributed by atoms with van der Waals surface area (Å²) in [5.41, 5.74) is 2.56. The third-order valence-electron chi connectivity index (χ3n) is 1.60. The molecule has 4 nitrogen and oxygen atoms in total. The van der Waals surface area contributed by atoms with Crippen LogP contribution in [0.3, 0.4) is 0 Å². The highest BCUT2D eigenvalue weighted by Crippen LogP contribution is 2.09. The van der Waals surface area contributed by atoms with Crippen molar-refractivity contribution in [3.05, 3.63) is 22.4 Å². The van der Waals surface area contributed by atoms with Crippen molar-refractivity contribution in [2.75, 3.05) is 20.3 Å². The molecule has 1 unspecified atom stereocenters. The molecule has 5 heteroatoms. The molecule has 14 heavy (non-hydrogen) atoms. The summed E-state index contributed by atoms with van der Waals surface area (Å²) in [4.78, 5) is 5.76. The molecule has 0 bridgehead atoms. The molecule has 1 rings (SSSR count). The molecule has 1 atom stereocenters. The largest absolute Gasteiger partial charge is 0.389 e. The molecule has 0 spiro atoms. The van der Waals surface area contributed by atoms with Gasteiger partial charge < -0.3 is 14.7 Å². The average molecular weight is 217 g/mol. The maximum absolute atomic E-state index is 9.34. The minimum Gasteiger partial charge on any atom is -0.389 e. The van der Waals surface area contributed by atoms with Crippen LogP contribution in [-0.2, 0) is 16.2 Å². The maximum Gasteiger partial charge on any atom is 0.0921 e.